The lowest BCUT2D eigenvalue weighted by atomic mass is 10.1. The summed E-state index contributed by atoms with van der Waals surface area (Å²) in [6.45, 7) is 2.83. The second kappa shape index (κ2) is 7.81. The van der Waals surface area contributed by atoms with Crippen molar-refractivity contribution in [3.63, 3.8) is 0 Å². The van der Waals surface area contributed by atoms with Gasteiger partial charge in [0, 0.05) is 31.3 Å². The highest BCUT2D eigenvalue weighted by atomic mass is 19.1. The molecule has 0 aromatic heterocycles. The van der Waals surface area contributed by atoms with Gasteiger partial charge in [0.1, 0.15) is 5.82 Å². The van der Waals surface area contributed by atoms with Gasteiger partial charge in [0.05, 0.1) is 11.5 Å². The van der Waals surface area contributed by atoms with E-state index in [1.807, 2.05) is 0 Å². The van der Waals surface area contributed by atoms with Gasteiger partial charge in [0.15, 0.2) is 0 Å². The lowest BCUT2D eigenvalue weighted by molar-refractivity contribution is -0.385. The Balaban J connectivity index is 2.74. The molecule has 1 aromatic carbocycles. The summed E-state index contributed by atoms with van der Waals surface area (Å²) >= 11 is 0. The summed E-state index contributed by atoms with van der Waals surface area (Å²) in [6, 6.07) is 3.59. The number of methoxy groups -OCH3 is 1. The SMILES string of the molecule is CCCC(COC)NCc1cc(F)ccc1[N+](=O)[O-]. The summed E-state index contributed by atoms with van der Waals surface area (Å²) < 4.78 is 18.2. The lowest BCUT2D eigenvalue weighted by Crippen LogP contribution is -2.32. The monoisotopic (exact) mass is 270 g/mol. The molecule has 1 aromatic rings. The molecule has 0 aliphatic rings. The predicted molar refractivity (Wildman–Crippen MR) is 70.5 cm³/mol. The van der Waals surface area contributed by atoms with E-state index >= 15 is 0 Å². The average Bonchev–Trinajstić information content (AvgIpc) is 2.36. The molecule has 0 heterocycles. The first-order chi connectivity index (χ1) is 9.08. The first-order valence-corrected chi connectivity index (χ1v) is 6.23. The third-order valence-electron chi connectivity index (χ3n) is 2.82. The molecule has 5 nitrogen and oxygen atoms in total. The Bertz CT molecular complexity index is 420. The van der Waals surface area contributed by atoms with Crippen molar-refractivity contribution >= 4 is 5.69 Å². The van der Waals surface area contributed by atoms with E-state index in [9.17, 15) is 14.5 Å². The van der Waals surface area contributed by atoms with Crippen LogP contribution in [0.4, 0.5) is 10.1 Å². The molecule has 0 radical (unpaired) electrons. The summed E-state index contributed by atoms with van der Waals surface area (Å²) in [5, 5.41) is 14.0. The minimum atomic E-state index is -0.498. The smallest absolute Gasteiger partial charge is 0.274 e. The normalized spacial score (nSPS) is 12.4. The second-order valence-corrected chi connectivity index (χ2v) is 4.35. The van der Waals surface area contributed by atoms with Gasteiger partial charge in [-0.3, -0.25) is 10.1 Å². The molecule has 0 saturated heterocycles. The highest BCUT2D eigenvalue weighted by Crippen LogP contribution is 2.19. The number of hydrogen-bond acceptors (Lipinski definition) is 4. The topological polar surface area (TPSA) is 64.4 Å². The van der Waals surface area contributed by atoms with Crippen molar-refractivity contribution in [2.45, 2.75) is 32.4 Å². The zero-order valence-corrected chi connectivity index (χ0v) is 11.2. The van der Waals surface area contributed by atoms with E-state index in [0.717, 1.165) is 18.9 Å². The number of halogens is 1. The van der Waals surface area contributed by atoms with Crippen LogP contribution in [0.1, 0.15) is 25.3 Å². The van der Waals surface area contributed by atoms with Crippen molar-refractivity contribution < 1.29 is 14.1 Å². The van der Waals surface area contributed by atoms with E-state index < -0.39 is 10.7 Å². The summed E-state index contributed by atoms with van der Waals surface area (Å²) in [4.78, 5) is 10.4. The standard InChI is InChI=1S/C13H19FN2O3/c1-3-4-12(9-19-2)15-8-10-7-11(14)5-6-13(10)16(17)18/h5-7,12,15H,3-4,8-9H2,1-2H3. The van der Waals surface area contributed by atoms with Crippen molar-refractivity contribution in [3.8, 4) is 0 Å². The van der Waals surface area contributed by atoms with E-state index in [1.54, 1.807) is 7.11 Å². The first kappa shape index (κ1) is 15.5. The largest absolute Gasteiger partial charge is 0.383 e. The van der Waals surface area contributed by atoms with Crippen molar-refractivity contribution in [1.29, 1.82) is 0 Å². The van der Waals surface area contributed by atoms with Crippen LogP contribution in [0.3, 0.4) is 0 Å². The fourth-order valence-corrected chi connectivity index (χ4v) is 1.92. The zero-order valence-electron chi connectivity index (χ0n) is 11.2. The van der Waals surface area contributed by atoms with E-state index in [4.69, 9.17) is 4.74 Å². The Morgan fingerprint density at radius 3 is 2.84 bits per heavy atom. The maximum atomic E-state index is 13.2. The van der Waals surface area contributed by atoms with Crippen molar-refractivity contribution in [2.24, 2.45) is 0 Å². The summed E-state index contributed by atoms with van der Waals surface area (Å²) in [6.07, 6.45) is 1.88. The molecular formula is C13H19FN2O3. The average molecular weight is 270 g/mol. The molecule has 1 atom stereocenters. The Labute approximate surface area is 111 Å². The molecule has 0 saturated carbocycles. The maximum Gasteiger partial charge on any atom is 0.274 e. The van der Waals surface area contributed by atoms with Crippen molar-refractivity contribution in [2.75, 3.05) is 13.7 Å². The first-order valence-electron chi connectivity index (χ1n) is 6.23. The molecule has 0 spiro atoms. The van der Waals surface area contributed by atoms with E-state index in [0.29, 0.717) is 12.2 Å². The van der Waals surface area contributed by atoms with Gasteiger partial charge < -0.3 is 10.1 Å². The molecular weight excluding hydrogens is 251 g/mol. The number of nitrogens with one attached hydrogen (secondary N) is 1. The van der Waals surface area contributed by atoms with E-state index in [1.165, 1.54) is 12.1 Å². The highest BCUT2D eigenvalue weighted by Gasteiger charge is 2.15. The van der Waals surface area contributed by atoms with Gasteiger partial charge in [-0.2, -0.15) is 0 Å². The number of nitrogens with zero attached hydrogens (tertiary/aromatic N) is 1. The van der Waals surface area contributed by atoms with Crippen LogP contribution < -0.4 is 5.32 Å². The van der Waals surface area contributed by atoms with Crippen LogP contribution in [-0.4, -0.2) is 24.7 Å². The molecule has 6 heteroatoms. The zero-order chi connectivity index (χ0) is 14.3. The van der Waals surface area contributed by atoms with Gasteiger partial charge in [-0.25, -0.2) is 4.39 Å². The van der Waals surface area contributed by atoms with Crippen LogP contribution in [0.25, 0.3) is 0 Å². The van der Waals surface area contributed by atoms with Gasteiger partial charge in [-0.05, 0) is 18.6 Å². The van der Waals surface area contributed by atoms with Gasteiger partial charge in [0.25, 0.3) is 5.69 Å². The summed E-state index contributed by atoms with van der Waals surface area (Å²) in [5.74, 6) is -0.471. The maximum absolute atomic E-state index is 13.2. The van der Waals surface area contributed by atoms with Crippen LogP contribution >= 0.6 is 0 Å². The number of benzene rings is 1. The molecule has 19 heavy (non-hydrogen) atoms. The molecule has 0 fully saturated rings. The van der Waals surface area contributed by atoms with Crippen molar-refractivity contribution in [3.05, 3.63) is 39.7 Å². The Hall–Kier alpha value is -1.53. The number of rotatable bonds is 8. The number of nitro groups is 1. The van der Waals surface area contributed by atoms with E-state index in [2.05, 4.69) is 12.2 Å². The third kappa shape index (κ3) is 4.92. The van der Waals surface area contributed by atoms with E-state index in [-0.39, 0.29) is 18.3 Å². The third-order valence-corrected chi connectivity index (χ3v) is 2.82. The van der Waals surface area contributed by atoms with Gasteiger partial charge >= 0.3 is 0 Å². The summed E-state index contributed by atoms with van der Waals surface area (Å²) in [7, 11) is 1.61. The summed E-state index contributed by atoms with van der Waals surface area (Å²) in [5.41, 5.74) is 0.281. The Morgan fingerprint density at radius 2 is 2.26 bits per heavy atom. The van der Waals surface area contributed by atoms with Crippen LogP contribution in [0.15, 0.2) is 18.2 Å². The molecule has 0 aliphatic heterocycles. The lowest BCUT2D eigenvalue weighted by Gasteiger charge is -2.17. The fourth-order valence-electron chi connectivity index (χ4n) is 1.92. The molecule has 1 N–H and O–H groups in total. The van der Waals surface area contributed by atoms with Crippen LogP contribution in [0.5, 0.6) is 0 Å². The highest BCUT2D eigenvalue weighted by molar-refractivity contribution is 5.40. The van der Waals surface area contributed by atoms with Gasteiger partial charge in [-0.1, -0.05) is 13.3 Å². The quantitative estimate of drug-likeness (QED) is 0.582. The van der Waals surface area contributed by atoms with Crippen LogP contribution in [-0.2, 0) is 11.3 Å². The molecule has 0 amide bonds. The van der Waals surface area contributed by atoms with Gasteiger partial charge in [0.2, 0.25) is 0 Å². The molecule has 1 rings (SSSR count). The van der Waals surface area contributed by atoms with Crippen LogP contribution in [0.2, 0.25) is 0 Å². The Kier molecular flexibility index (Phi) is 6.38. The second-order valence-electron chi connectivity index (χ2n) is 4.35. The number of nitro benzene ring substituents is 1. The predicted octanol–water partition coefficient (Wildman–Crippen LogP) is 2.64. The molecule has 106 valence electrons. The van der Waals surface area contributed by atoms with Gasteiger partial charge in [-0.15, -0.1) is 0 Å². The van der Waals surface area contributed by atoms with Crippen molar-refractivity contribution in [1.82, 2.24) is 5.32 Å². The molecule has 1 unspecified atom stereocenters. The molecule has 0 bridgehead atoms. The fraction of sp³-hybridized carbons (Fsp3) is 0.538. The minimum Gasteiger partial charge on any atom is -0.383 e. The minimum absolute atomic E-state index is 0.0680. The number of ether oxygens (including phenoxy) is 1. The molecule has 0 aliphatic carbocycles. The van der Waals surface area contributed by atoms with Crippen LogP contribution in [0, 0.1) is 15.9 Å². The Morgan fingerprint density at radius 1 is 1.53 bits per heavy atom. The number of hydrogen-bond donors (Lipinski definition) is 1.